The molecule has 14 heteroatoms. The highest BCUT2D eigenvalue weighted by Crippen LogP contribution is 2.65. The summed E-state index contributed by atoms with van der Waals surface area (Å²) in [6.07, 6.45) is -0.701. The van der Waals surface area contributed by atoms with E-state index in [0.29, 0.717) is 19.8 Å². The van der Waals surface area contributed by atoms with Gasteiger partial charge in [0.25, 0.3) is 5.91 Å². The van der Waals surface area contributed by atoms with E-state index in [0.717, 1.165) is 7.11 Å². The summed E-state index contributed by atoms with van der Waals surface area (Å²) in [5, 5.41) is 7.40. The number of Topliss-reactive ketones (excluding diaryl/α,β-unsaturated/α-hetero) is 1. The largest absolute Gasteiger partial charge is 0.453 e. The molecule has 4 amide bonds. The lowest BCUT2D eigenvalue weighted by Crippen LogP contribution is -2.60. The van der Waals surface area contributed by atoms with Crippen LogP contribution in [-0.4, -0.2) is 82.6 Å². The van der Waals surface area contributed by atoms with Crippen LogP contribution in [-0.2, 0) is 23.9 Å². The van der Waals surface area contributed by atoms with Crippen LogP contribution in [0.15, 0.2) is 0 Å². The third-order valence-corrected chi connectivity index (χ3v) is 8.15. The van der Waals surface area contributed by atoms with Crippen molar-refractivity contribution in [2.75, 3.05) is 13.7 Å². The van der Waals surface area contributed by atoms with Crippen molar-refractivity contribution < 1.29 is 37.5 Å². The maximum atomic E-state index is 13.6. The fourth-order valence-electron chi connectivity index (χ4n) is 4.69. The van der Waals surface area contributed by atoms with Crippen LogP contribution in [0.5, 0.6) is 0 Å². The average molecular weight is 583 g/mol. The van der Waals surface area contributed by atoms with Gasteiger partial charge in [-0.2, -0.15) is 0 Å². The second-order valence-corrected chi connectivity index (χ2v) is 12.9. The number of ether oxygens (including phenoxy) is 1. The molecule has 0 bridgehead atoms. The van der Waals surface area contributed by atoms with Gasteiger partial charge in [-0.25, -0.2) is 13.6 Å². The highest BCUT2D eigenvalue weighted by atomic mass is 35.5. The number of rotatable bonds is 10. The van der Waals surface area contributed by atoms with Crippen LogP contribution in [0.1, 0.15) is 53.4 Å². The molecule has 1 heterocycles. The minimum absolute atomic E-state index is 0.00215. The van der Waals surface area contributed by atoms with Gasteiger partial charge in [0.15, 0.2) is 0 Å². The number of carbonyl (C=O) groups is 5. The first kappa shape index (κ1) is 30.3. The van der Waals surface area contributed by atoms with Crippen molar-refractivity contribution >= 4 is 52.8 Å². The number of hydrogen-bond acceptors (Lipinski definition) is 6. The number of halogens is 4. The van der Waals surface area contributed by atoms with Gasteiger partial charge in [0.2, 0.25) is 23.5 Å². The van der Waals surface area contributed by atoms with Crippen molar-refractivity contribution in [1.82, 2.24) is 20.9 Å². The van der Waals surface area contributed by atoms with Crippen LogP contribution >= 0.6 is 23.2 Å². The van der Waals surface area contributed by atoms with Gasteiger partial charge >= 0.3 is 6.09 Å². The van der Waals surface area contributed by atoms with Gasteiger partial charge in [0.05, 0.1) is 13.2 Å². The van der Waals surface area contributed by atoms with E-state index in [4.69, 9.17) is 23.2 Å². The maximum absolute atomic E-state index is 13.6. The van der Waals surface area contributed by atoms with Gasteiger partial charge in [-0.05, 0) is 31.6 Å². The molecule has 2 aliphatic carbocycles. The summed E-state index contributed by atoms with van der Waals surface area (Å²) in [6.45, 7) is 5.80. The number of alkyl halides is 4. The van der Waals surface area contributed by atoms with Crippen molar-refractivity contribution in [3.63, 3.8) is 0 Å². The van der Waals surface area contributed by atoms with Crippen LogP contribution in [0.2, 0.25) is 0 Å². The molecule has 1 saturated heterocycles. The second-order valence-electron chi connectivity index (χ2n) is 11.5. The molecule has 1 unspecified atom stereocenters. The quantitative estimate of drug-likeness (QED) is 0.267. The Kier molecular flexibility index (Phi) is 8.58. The Balaban J connectivity index is 1.84. The lowest BCUT2D eigenvalue weighted by molar-refractivity contribution is -0.145. The number of fused-ring (bicyclic) bond motifs is 1. The molecule has 1 aliphatic heterocycles. The molecule has 38 heavy (non-hydrogen) atoms. The highest BCUT2D eigenvalue weighted by molar-refractivity contribution is 6.51. The summed E-state index contributed by atoms with van der Waals surface area (Å²) in [7, 11) is 1.15. The van der Waals surface area contributed by atoms with E-state index >= 15 is 0 Å². The molecule has 3 rings (SSSR count). The zero-order chi connectivity index (χ0) is 28.8. The minimum atomic E-state index is -3.14. The molecule has 3 aliphatic rings. The third-order valence-electron chi connectivity index (χ3n) is 7.09. The summed E-state index contributed by atoms with van der Waals surface area (Å²) in [4.78, 5) is 65.5. The zero-order valence-electron chi connectivity index (χ0n) is 21.9. The number of methoxy groups -OCH3 is 1. The van der Waals surface area contributed by atoms with Gasteiger partial charge in [-0.1, -0.05) is 20.8 Å². The second kappa shape index (κ2) is 10.7. The van der Waals surface area contributed by atoms with Crippen LogP contribution in [0.3, 0.4) is 0 Å². The molecule has 0 aromatic rings. The Morgan fingerprint density at radius 2 is 1.68 bits per heavy atom. The molecule has 3 fully saturated rings. The van der Waals surface area contributed by atoms with E-state index < -0.39 is 88.1 Å². The van der Waals surface area contributed by atoms with Crippen molar-refractivity contribution in [3.05, 3.63) is 0 Å². The van der Waals surface area contributed by atoms with Crippen LogP contribution in [0.4, 0.5) is 13.6 Å². The molecule has 3 N–H and O–H groups in total. The predicted molar refractivity (Wildman–Crippen MR) is 134 cm³/mol. The molecule has 0 spiro atoms. The molecule has 5 atom stereocenters. The number of likely N-dealkylation sites (tertiary alicyclic amines) is 1. The Hall–Kier alpha value is -2.21. The maximum Gasteiger partial charge on any atom is 0.407 e. The first-order valence-electron chi connectivity index (χ1n) is 12.4. The molecule has 0 aromatic carbocycles. The predicted octanol–water partition coefficient (Wildman–Crippen LogP) is 2.16. The van der Waals surface area contributed by atoms with Crippen molar-refractivity contribution in [2.45, 2.75) is 87.8 Å². The SMILES string of the molecule is COC(=O)N[C@H](C(=O)N1C[C@H]2[C@@H](C1C(=O)N[C@@H](CCC(C)(F)F)C(=O)C(=O)NC1CC1)C2(Cl)Cl)C(C)(C)C. The lowest BCUT2D eigenvalue weighted by atomic mass is 9.85. The van der Waals surface area contributed by atoms with Crippen LogP contribution < -0.4 is 16.0 Å². The summed E-state index contributed by atoms with van der Waals surface area (Å²) in [5.74, 6) is -7.78. The number of nitrogens with zero attached hydrogens (tertiary/aromatic N) is 1. The lowest BCUT2D eigenvalue weighted by Gasteiger charge is -2.37. The van der Waals surface area contributed by atoms with Gasteiger partial charge < -0.3 is 25.6 Å². The Labute approximate surface area is 229 Å². The van der Waals surface area contributed by atoms with Crippen molar-refractivity contribution in [2.24, 2.45) is 17.3 Å². The van der Waals surface area contributed by atoms with Gasteiger partial charge in [-0.3, -0.25) is 19.2 Å². The van der Waals surface area contributed by atoms with Crippen LogP contribution in [0, 0.1) is 17.3 Å². The smallest absolute Gasteiger partial charge is 0.407 e. The summed E-state index contributed by atoms with van der Waals surface area (Å²) >= 11 is 12.7. The zero-order valence-corrected chi connectivity index (χ0v) is 23.4. The van der Waals surface area contributed by atoms with E-state index in [2.05, 4.69) is 20.7 Å². The summed E-state index contributed by atoms with van der Waals surface area (Å²) < 4.78 is 30.6. The van der Waals surface area contributed by atoms with Crippen LogP contribution in [0.25, 0.3) is 0 Å². The van der Waals surface area contributed by atoms with Gasteiger partial charge in [-0.15, -0.1) is 23.2 Å². The van der Waals surface area contributed by atoms with E-state index in [1.54, 1.807) is 20.8 Å². The monoisotopic (exact) mass is 582 g/mol. The topological polar surface area (TPSA) is 134 Å². The molecule has 214 valence electrons. The van der Waals surface area contributed by atoms with E-state index in [1.807, 2.05) is 0 Å². The van der Waals surface area contributed by atoms with Gasteiger partial charge in [0, 0.05) is 30.8 Å². The van der Waals surface area contributed by atoms with Crippen molar-refractivity contribution in [3.8, 4) is 0 Å². The van der Waals surface area contributed by atoms with E-state index in [-0.39, 0.29) is 12.6 Å². The third kappa shape index (κ3) is 6.86. The molecule has 2 saturated carbocycles. The molecular formula is C24H34Cl2F2N4O6. The summed E-state index contributed by atoms with van der Waals surface area (Å²) in [5.41, 5.74) is -0.787. The number of nitrogens with one attached hydrogen (secondary N) is 3. The Bertz CT molecular complexity index is 995. The number of carbonyl (C=O) groups excluding carboxylic acids is 5. The first-order chi connectivity index (χ1) is 17.4. The number of piperidine rings is 1. The molecule has 10 nitrogen and oxygen atoms in total. The highest BCUT2D eigenvalue weighted by Gasteiger charge is 2.74. The normalized spacial score (nSPS) is 25.5. The molecular weight excluding hydrogens is 549 g/mol. The summed E-state index contributed by atoms with van der Waals surface area (Å²) in [6, 6.07) is -4.05. The molecule has 0 radical (unpaired) electrons. The Morgan fingerprint density at radius 1 is 1.08 bits per heavy atom. The number of hydrogen-bond donors (Lipinski definition) is 3. The Morgan fingerprint density at radius 3 is 2.18 bits per heavy atom. The average Bonchev–Trinajstić information content (AvgIpc) is 3.64. The fourth-order valence-corrected chi connectivity index (χ4v) is 5.52. The standard InChI is InChI=1S/C24H34Cl2F2N4O6/c1-22(2,3)17(31-21(37)38-5)20(36)32-10-12-14(24(12,25)26)15(32)18(34)30-13(8-9-23(4,27)28)16(33)19(35)29-11-6-7-11/h11-15,17H,6-10H2,1-5H3,(H,29,35)(H,30,34)(H,31,37)/t12-,13-,14-,15?,17+/m0/s1. The number of ketones is 1. The van der Waals surface area contributed by atoms with E-state index in [1.165, 1.54) is 4.90 Å². The van der Waals surface area contributed by atoms with Crippen molar-refractivity contribution in [1.29, 1.82) is 0 Å². The number of alkyl carbamates (subject to hydrolysis) is 1. The first-order valence-corrected chi connectivity index (χ1v) is 13.2. The fraction of sp³-hybridized carbons (Fsp3) is 0.792. The minimum Gasteiger partial charge on any atom is -0.453 e. The van der Waals surface area contributed by atoms with E-state index in [9.17, 15) is 32.8 Å². The number of amides is 4. The molecule has 0 aromatic heterocycles. The van der Waals surface area contributed by atoms with Gasteiger partial charge in [0.1, 0.15) is 16.4 Å².